The first kappa shape index (κ1) is 11.8. The molecule has 82 valence electrons. The van der Waals surface area contributed by atoms with Gasteiger partial charge in [-0.2, -0.15) is 0 Å². The number of carbonyl (C=O) groups is 1. The SMILES string of the molecule is Cl.O=C1C(O)CCN1C1CCNCC1. The number of amides is 1. The Labute approximate surface area is 90.1 Å². The van der Waals surface area contributed by atoms with E-state index >= 15 is 0 Å². The van der Waals surface area contributed by atoms with E-state index in [1.807, 2.05) is 4.90 Å². The lowest BCUT2D eigenvalue weighted by molar-refractivity contribution is -0.136. The van der Waals surface area contributed by atoms with Gasteiger partial charge in [0.2, 0.25) is 0 Å². The smallest absolute Gasteiger partial charge is 0.251 e. The fourth-order valence-electron chi connectivity index (χ4n) is 2.17. The topological polar surface area (TPSA) is 52.6 Å². The lowest BCUT2D eigenvalue weighted by Gasteiger charge is -2.31. The number of likely N-dealkylation sites (tertiary alicyclic amines) is 1. The molecule has 0 radical (unpaired) electrons. The van der Waals surface area contributed by atoms with E-state index < -0.39 is 6.10 Å². The summed E-state index contributed by atoms with van der Waals surface area (Å²) in [5.41, 5.74) is 0. The number of nitrogens with zero attached hydrogens (tertiary/aromatic N) is 1. The summed E-state index contributed by atoms with van der Waals surface area (Å²) in [4.78, 5) is 13.3. The molecule has 2 rings (SSSR count). The first-order valence-corrected chi connectivity index (χ1v) is 4.98. The molecule has 0 aromatic carbocycles. The van der Waals surface area contributed by atoms with Crippen molar-refractivity contribution in [2.24, 2.45) is 0 Å². The molecule has 0 bridgehead atoms. The third kappa shape index (κ3) is 2.19. The highest BCUT2D eigenvalue weighted by Gasteiger charge is 2.34. The second-order valence-electron chi connectivity index (χ2n) is 3.82. The average Bonchev–Trinajstić information content (AvgIpc) is 2.49. The molecular weight excluding hydrogens is 204 g/mol. The molecule has 1 unspecified atom stereocenters. The summed E-state index contributed by atoms with van der Waals surface area (Å²) < 4.78 is 0. The Bertz CT molecular complexity index is 207. The van der Waals surface area contributed by atoms with Crippen molar-refractivity contribution in [3.05, 3.63) is 0 Å². The van der Waals surface area contributed by atoms with Crippen molar-refractivity contribution in [3.8, 4) is 0 Å². The predicted octanol–water partition coefficient (Wildman–Crippen LogP) is -0.247. The molecule has 2 heterocycles. The minimum absolute atomic E-state index is 0. The number of hydrogen-bond donors (Lipinski definition) is 2. The quantitative estimate of drug-likeness (QED) is 0.641. The molecule has 2 aliphatic rings. The molecule has 2 saturated heterocycles. The summed E-state index contributed by atoms with van der Waals surface area (Å²) in [6.45, 7) is 2.72. The van der Waals surface area contributed by atoms with Crippen molar-refractivity contribution >= 4 is 18.3 Å². The highest BCUT2D eigenvalue weighted by Crippen LogP contribution is 2.19. The van der Waals surface area contributed by atoms with Gasteiger partial charge in [0.05, 0.1) is 0 Å². The number of nitrogens with one attached hydrogen (secondary N) is 1. The summed E-state index contributed by atoms with van der Waals surface area (Å²) in [6, 6.07) is 0.367. The molecule has 1 atom stereocenters. The van der Waals surface area contributed by atoms with Crippen molar-refractivity contribution in [2.75, 3.05) is 19.6 Å². The van der Waals surface area contributed by atoms with Gasteiger partial charge >= 0.3 is 0 Å². The van der Waals surface area contributed by atoms with Crippen LogP contribution in [0, 0.1) is 0 Å². The fraction of sp³-hybridized carbons (Fsp3) is 0.889. The zero-order valence-corrected chi connectivity index (χ0v) is 8.92. The molecule has 0 aliphatic carbocycles. The zero-order valence-electron chi connectivity index (χ0n) is 8.11. The van der Waals surface area contributed by atoms with Crippen molar-refractivity contribution in [1.29, 1.82) is 0 Å². The van der Waals surface area contributed by atoms with Gasteiger partial charge in [-0.3, -0.25) is 4.79 Å². The van der Waals surface area contributed by atoms with Crippen molar-refractivity contribution in [3.63, 3.8) is 0 Å². The van der Waals surface area contributed by atoms with Gasteiger partial charge in [0.1, 0.15) is 6.10 Å². The van der Waals surface area contributed by atoms with Crippen LogP contribution in [0.15, 0.2) is 0 Å². The molecule has 0 aromatic rings. The second kappa shape index (κ2) is 4.96. The van der Waals surface area contributed by atoms with Gasteiger partial charge in [-0.1, -0.05) is 0 Å². The number of halogens is 1. The van der Waals surface area contributed by atoms with Gasteiger partial charge in [-0.05, 0) is 32.4 Å². The number of piperidine rings is 1. The summed E-state index contributed by atoms with van der Waals surface area (Å²) >= 11 is 0. The third-order valence-corrected chi connectivity index (χ3v) is 2.96. The van der Waals surface area contributed by atoms with Crippen LogP contribution in [0.4, 0.5) is 0 Å². The monoisotopic (exact) mass is 220 g/mol. The maximum absolute atomic E-state index is 11.5. The standard InChI is InChI=1S/C9H16N2O2.ClH/c12-8-3-6-11(9(8)13)7-1-4-10-5-2-7;/h7-8,10,12H,1-6H2;1H. The second-order valence-corrected chi connectivity index (χ2v) is 3.82. The Balaban J connectivity index is 0.000000980. The fourth-order valence-corrected chi connectivity index (χ4v) is 2.17. The highest BCUT2D eigenvalue weighted by atomic mass is 35.5. The summed E-state index contributed by atoms with van der Waals surface area (Å²) in [7, 11) is 0. The van der Waals surface area contributed by atoms with Crippen LogP contribution in [0.3, 0.4) is 0 Å². The molecular formula is C9H17ClN2O2. The molecule has 1 amide bonds. The van der Waals surface area contributed by atoms with E-state index in [0.29, 0.717) is 12.5 Å². The van der Waals surface area contributed by atoms with E-state index in [2.05, 4.69) is 5.32 Å². The molecule has 4 nitrogen and oxygen atoms in total. The molecule has 0 spiro atoms. The minimum atomic E-state index is -0.727. The molecule has 2 fully saturated rings. The van der Waals surface area contributed by atoms with Crippen molar-refractivity contribution in [1.82, 2.24) is 10.2 Å². The Morgan fingerprint density at radius 1 is 1.29 bits per heavy atom. The molecule has 2 N–H and O–H groups in total. The summed E-state index contributed by atoms with van der Waals surface area (Å²) in [6.07, 6.45) is 1.94. The number of aliphatic hydroxyl groups is 1. The molecule has 0 saturated carbocycles. The Morgan fingerprint density at radius 3 is 2.43 bits per heavy atom. The van der Waals surface area contributed by atoms with Crippen LogP contribution < -0.4 is 5.32 Å². The number of hydrogen-bond acceptors (Lipinski definition) is 3. The molecule has 0 aromatic heterocycles. The third-order valence-electron chi connectivity index (χ3n) is 2.96. The van der Waals surface area contributed by atoms with E-state index in [0.717, 1.165) is 32.5 Å². The lowest BCUT2D eigenvalue weighted by Crippen LogP contribution is -2.44. The molecule has 5 heteroatoms. The van der Waals surface area contributed by atoms with Crippen molar-refractivity contribution in [2.45, 2.75) is 31.4 Å². The van der Waals surface area contributed by atoms with Crippen molar-refractivity contribution < 1.29 is 9.90 Å². The number of rotatable bonds is 1. The van der Waals surface area contributed by atoms with Gasteiger partial charge in [0.15, 0.2) is 0 Å². The summed E-state index contributed by atoms with van der Waals surface area (Å²) in [5, 5.41) is 12.6. The van der Waals surface area contributed by atoms with Crippen LogP contribution in [-0.4, -0.2) is 47.7 Å². The van der Waals surface area contributed by atoms with Crippen LogP contribution in [0.5, 0.6) is 0 Å². The van der Waals surface area contributed by atoms with Gasteiger partial charge in [0, 0.05) is 12.6 Å². The van der Waals surface area contributed by atoms with Crippen LogP contribution in [0.2, 0.25) is 0 Å². The van der Waals surface area contributed by atoms with Gasteiger partial charge in [-0.15, -0.1) is 12.4 Å². The van der Waals surface area contributed by atoms with E-state index in [1.165, 1.54) is 0 Å². The first-order valence-electron chi connectivity index (χ1n) is 4.98. The maximum Gasteiger partial charge on any atom is 0.251 e. The average molecular weight is 221 g/mol. The minimum Gasteiger partial charge on any atom is -0.383 e. The van der Waals surface area contributed by atoms with Gasteiger partial charge < -0.3 is 15.3 Å². The van der Waals surface area contributed by atoms with Crippen LogP contribution >= 0.6 is 12.4 Å². The normalized spacial score (nSPS) is 29.1. The van der Waals surface area contributed by atoms with Crippen LogP contribution in [-0.2, 0) is 4.79 Å². The van der Waals surface area contributed by atoms with Crippen LogP contribution in [0.1, 0.15) is 19.3 Å². The number of carbonyl (C=O) groups excluding carboxylic acids is 1. The Hall–Kier alpha value is -0.320. The van der Waals surface area contributed by atoms with E-state index in [-0.39, 0.29) is 18.3 Å². The van der Waals surface area contributed by atoms with Gasteiger partial charge in [-0.25, -0.2) is 0 Å². The first-order chi connectivity index (χ1) is 6.29. The predicted molar refractivity (Wildman–Crippen MR) is 55.5 cm³/mol. The Morgan fingerprint density at radius 2 is 1.93 bits per heavy atom. The zero-order chi connectivity index (χ0) is 9.26. The number of aliphatic hydroxyl groups excluding tert-OH is 1. The van der Waals surface area contributed by atoms with E-state index in [9.17, 15) is 9.90 Å². The molecule has 2 aliphatic heterocycles. The molecule has 14 heavy (non-hydrogen) atoms. The van der Waals surface area contributed by atoms with E-state index in [1.54, 1.807) is 0 Å². The summed E-state index contributed by atoms with van der Waals surface area (Å²) in [5.74, 6) is -0.0631. The van der Waals surface area contributed by atoms with Gasteiger partial charge in [0.25, 0.3) is 5.91 Å². The Kier molecular flexibility index (Phi) is 4.16. The van der Waals surface area contributed by atoms with Crippen LogP contribution in [0.25, 0.3) is 0 Å². The lowest BCUT2D eigenvalue weighted by atomic mass is 10.1. The largest absolute Gasteiger partial charge is 0.383 e. The highest BCUT2D eigenvalue weighted by molar-refractivity contribution is 5.85. The maximum atomic E-state index is 11.5. The van der Waals surface area contributed by atoms with E-state index in [4.69, 9.17) is 0 Å².